The van der Waals surface area contributed by atoms with Crippen LogP contribution in [0.2, 0.25) is 0 Å². The molecule has 0 aromatic heterocycles. The number of phenols is 1. The van der Waals surface area contributed by atoms with Crippen molar-refractivity contribution in [2.24, 2.45) is 5.73 Å². The zero-order valence-corrected chi connectivity index (χ0v) is 10.2. The van der Waals surface area contributed by atoms with E-state index in [1.165, 1.54) is 7.11 Å². The molecule has 5 nitrogen and oxygen atoms in total. The summed E-state index contributed by atoms with van der Waals surface area (Å²) in [4.78, 5) is 10.7. The number of nitrogens with two attached hydrogens (primary N) is 1. The van der Waals surface area contributed by atoms with Gasteiger partial charge in [0, 0.05) is 6.42 Å². The number of phenolic OH excluding ortho intramolecular Hbond substituents is 1. The van der Waals surface area contributed by atoms with Gasteiger partial charge in [-0.05, 0) is 36.6 Å². The summed E-state index contributed by atoms with van der Waals surface area (Å²) < 4.78 is 5.16. The number of hydrogen-bond donors (Lipinski definition) is 3. The van der Waals surface area contributed by atoms with Crippen LogP contribution < -0.4 is 10.5 Å². The number of methoxy groups -OCH3 is 1. The van der Waals surface area contributed by atoms with Crippen molar-refractivity contribution in [3.63, 3.8) is 0 Å². The van der Waals surface area contributed by atoms with Gasteiger partial charge in [-0.1, -0.05) is 0 Å². The third kappa shape index (κ3) is 2.68. The van der Waals surface area contributed by atoms with Gasteiger partial charge in [0.25, 0.3) is 0 Å². The molecule has 0 fully saturated rings. The van der Waals surface area contributed by atoms with Crippen molar-refractivity contribution < 1.29 is 19.7 Å². The monoisotopic (exact) mass is 239 g/mol. The number of benzene rings is 1. The Labute approximate surface area is 99.8 Å². The lowest BCUT2D eigenvalue weighted by Crippen LogP contribution is -2.32. The fourth-order valence-electron chi connectivity index (χ4n) is 1.63. The van der Waals surface area contributed by atoms with Gasteiger partial charge in [-0.25, -0.2) is 0 Å². The molecule has 0 heterocycles. The minimum Gasteiger partial charge on any atom is -0.507 e. The average molecular weight is 239 g/mol. The SMILES string of the molecule is COc1cc(CC(N)C(=O)O)c(O)c(C)c1C. The summed E-state index contributed by atoms with van der Waals surface area (Å²) in [7, 11) is 1.53. The van der Waals surface area contributed by atoms with Gasteiger partial charge in [-0.3, -0.25) is 4.79 Å². The average Bonchev–Trinajstić information content (AvgIpc) is 2.29. The van der Waals surface area contributed by atoms with E-state index in [1.807, 2.05) is 6.92 Å². The predicted molar refractivity (Wildman–Crippen MR) is 63.4 cm³/mol. The first-order valence-electron chi connectivity index (χ1n) is 5.22. The number of ether oxygens (including phenoxy) is 1. The first-order chi connectivity index (χ1) is 7.88. The molecule has 0 aliphatic heterocycles. The van der Waals surface area contributed by atoms with Crippen molar-refractivity contribution in [1.29, 1.82) is 0 Å². The molecule has 1 aromatic carbocycles. The Morgan fingerprint density at radius 3 is 2.53 bits per heavy atom. The molecular formula is C12H17NO4. The molecule has 0 saturated heterocycles. The van der Waals surface area contributed by atoms with Gasteiger partial charge in [0.1, 0.15) is 17.5 Å². The van der Waals surface area contributed by atoms with Gasteiger partial charge in [0.2, 0.25) is 0 Å². The van der Waals surface area contributed by atoms with Crippen molar-refractivity contribution in [2.45, 2.75) is 26.3 Å². The van der Waals surface area contributed by atoms with Crippen LogP contribution in [-0.2, 0) is 11.2 Å². The minimum atomic E-state index is -1.10. The van der Waals surface area contributed by atoms with Crippen molar-refractivity contribution in [3.8, 4) is 11.5 Å². The highest BCUT2D eigenvalue weighted by atomic mass is 16.5. The van der Waals surface area contributed by atoms with Crippen molar-refractivity contribution in [1.82, 2.24) is 0 Å². The predicted octanol–water partition coefficient (Wildman–Crippen LogP) is 0.972. The lowest BCUT2D eigenvalue weighted by atomic mass is 9.98. The van der Waals surface area contributed by atoms with Gasteiger partial charge >= 0.3 is 5.97 Å². The number of carboxylic acids is 1. The summed E-state index contributed by atoms with van der Waals surface area (Å²) >= 11 is 0. The highest BCUT2D eigenvalue weighted by Crippen LogP contribution is 2.32. The van der Waals surface area contributed by atoms with Gasteiger partial charge in [0.05, 0.1) is 7.11 Å². The summed E-state index contributed by atoms with van der Waals surface area (Å²) in [6.45, 7) is 3.58. The van der Waals surface area contributed by atoms with Gasteiger partial charge in [0.15, 0.2) is 0 Å². The minimum absolute atomic E-state index is 0.0681. The van der Waals surface area contributed by atoms with E-state index in [0.29, 0.717) is 16.9 Å². The lowest BCUT2D eigenvalue weighted by Gasteiger charge is -2.15. The molecule has 5 heteroatoms. The van der Waals surface area contributed by atoms with E-state index in [9.17, 15) is 9.90 Å². The number of aromatic hydroxyl groups is 1. The van der Waals surface area contributed by atoms with E-state index in [4.69, 9.17) is 15.6 Å². The third-order valence-corrected chi connectivity index (χ3v) is 2.87. The molecule has 1 unspecified atom stereocenters. The second-order valence-electron chi connectivity index (χ2n) is 3.99. The molecule has 1 atom stereocenters. The van der Waals surface area contributed by atoms with E-state index in [2.05, 4.69) is 0 Å². The van der Waals surface area contributed by atoms with E-state index in [-0.39, 0.29) is 12.2 Å². The maximum Gasteiger partial charge on any atom is 0.320 e. The Morgan fingerprint density at radius 1 is 1.47 bits per heavy atom. The highest BCUT2D eigenvalue weighted by Gasteiger charge is 2.18. The number of carboxylic acid groups (broad SMARTS) is 1. The maximum atomic E-state index is 10.7. The number of rotatable bonds is 4. The Kier molecular flexibility index (Phi) is 3.96. The van der Waals surface area contributed by atoms with E-state index in [1.54, 1.807) is 13.0 Å². The van der Waals surface area contributed by atoms with Crippen LogP contribution in [-0.4, -0.2) is 29.3 Å². The Hall–Kier alpha value is -1.75. The summed E-state index contributed by atoms with van der Waals surface area (Å²) in [5, 5.41) is 18.7. The Morgan fingerprint density at radius 2 is 2.06 bits per heavy atom. The van der Waals surface area contributed by atoms with Crippen LogP contribution >= 0.6 is 0 Å². The molecule has 0 spiro atoms. The van der Waals surface area contributed by atoms with Gasteiger partial charge in [-0.2, -0.15) is 0 Å². The quantitative estimate of drug-likeness (QED) is 0.728. The van der Waals surface area contributed by atoms with Crippen molar-refractivity contribution in [3.05, 3.63) is 22.8 Å². The fourth-order valence-corrected chi connectivity index (χ4v) is 1.63. The Bertz CT molecular complexity index is 443. The second-order valence-corrected chi connectivity index (χ2v) is 3.99. The highest BCUT2D eigenvalue weighted by molar-refractivity contribution is 5.74. The normalized spacial score (nSPS) is 12.2. The number of carbonyl (C=O) groups is 1. The third-order valence-electron chi connectivity index (χ3n) is 2.87. The molecule has 1 aromatic rings. The lowest BCUT2D eigenvalue weighted by molar-refractivity contribution is -0.138. The van der Waals surface area contributed by atoms with Crippen LogP contribution in [0, 0.1) is 13.8 Å². The van der Waals surface area contributed by atoms with Crippen molar-refractivity contribution >= 4 is 5.97 Å². The maximum absolute atomic E-state index is 10.7. The van der Waals surface area contributed by atoms with Gasteiger partial charge < -0.3 is 20.7 Å². The molecule has 94 valence electrons. The molecular weight excluding hydrogens is 222 g/mol. The molecule has 1 rings (SSSR count). The summed E-state index contributed by atoms with van der Waals surface area (Å²) in [6.07, 6.45) is 0.0681. The smallest absolute Gasteiger partial charge is 0.320 e. The topological polar surface area (TPSA) is 92.8 Å². The molecule has 0 radical (unpaired) electrons. The summed E-state index contributed by atoms with van der Waals surface area (Å²) in [5.41, 5.74) is 7.44. The molecule has 0 saturated carbocycles. The number of aliphatic carboxylic acids is 1. The van der Waals surface area contributed by atoms with Crippen LogP contribution in [0.5, 0.6) is 11.5 Å². The first-order valence-corrected chi connectivity index (χ1v) is 5.22. The zero-order chi connectivity index (χ0) is 13.2. The van der Waals surface area contributed by atoms with E-state index in [0.717, 1.165) is 5.56 Å². The van der Waals surface area contributed by atoms with Crippen molar-refractivity contribution in [2.75, 3.05) is 7.11 Å². The van der Waals surface area contributed by atoms with E-state index >= 15 is 0 Å². The molecule has 4 N–H and O–H groups in total. The Balaban J connectivity index is 3.16. The number of hydrogen-bond acceptors (Lipinski definition) is 4. The molecule has 0 amide bonds. The van der Waals surface area contributed by atoms with Crippen LogP contribution in [0.25, 0.3) is 0 Å². The van der Waals surface area contributed by atoms with Crippen LogP contribution in [0.3, 0.4) is 0 Å². The molecule has 0 bridgehead atoms. The van der Waals surface area contributed by atoms with Crippen LogP contribution in [0.4, 0.5) is 0 Å². The zero-order valence-electron chi connectivity index (χ0n) is 10.2. The fraction of sp³-hybridized carbons (Fsp3) is 0.417. The second kappa shape index (κ2) is 5.05. The largest absolute Gasteiger partial charge is 0.507 e. The van der Waals surface area contributed by atoms with Crippen LogP contribution in [0.15, 0.2) is 6.07 Å². The van der Waals surface area contributed by atoms with E-state index < -0.39 is 12.0 Å². The summed E-state index contributed by atoms with van der Waals surface area (Å²) in [5.74, 6) is -0.394. The molecule has 0 aliphatic rings. The molecule has 0 aliphatic carbocycles. The molecule has 17 heavy (non-hydrogen) atoms. The first kappa shape index (κ1) is 13.3. The summed E-state index contributed by atoms with van der Waals surface area (Å²) in [6, 6.07) is 0.591. The van der Waals surface area contributed by atoms with Gasteiger partial charge in [-0.15, -0.1) is 0 Å². The standard InChI is InChI=1S/C12H17NO4/c1-6-7(2)11(14)8(5-10(6)17-3)4-9(13)12(15)16/h5,9,14H,4,13H2,1-3H3,(H,15,16). The van der Waals surface area contributed by atoms with Crippen LogP contribution in [0.1, 0.15) is 16.7 Å².